The van der Waals surface area contributed by atoms with Crippen LogP contribution in [-0.4, -0.2) is 24.5 Å². The van der Waals surface area contributed by atoms with E-state index >= 15 is 0 Å². The highest BCUT2D eigenvalue weighted by atomic mass is 35.5. The van der Waals surface area contributed by atoms with Gasteiger partial charge in [-0.25, -0.2) is 13.4 Å². The lowest BCUT2D eigenvalue weighted by molar-refractivity contribution is -0.114. The number of halogens is 1. The van der Waals surface area contributed by atoms with Gasteiger partial charge in [0.15, 0.2) is 5.11 Å². The molecule has 4 N–H and O–H groups in total. The zero-order chi connectivity index (χ0) is 24.0. The number of nitrogens with one attached hydrogen (secondary N) is 2. The summed E-state index contributed by atoms with van der Waals surface area (Å²) in [6.07, 6.45) is 0. The molecule has 3 rings (SSSR count). The SMILES string of the molecule is Cc1ccc(N(NC(=O)/C(=N/Nc2ccc(Cl)cc2)S(=O)(=O)c2ccccc2)C(N)=S)cc1. The van der Waals surface area contributed by atoms with Crippen molar-refractivity contribution in [2.75, 3.05) is 10.4 Å². The number of carbonyl (C=O) groups is 1. The van der Waals surface area contributed by atoms with E-state index in [0.717, 1.165) is 10.6 Å². The number of amides is 1. The van der Waals surface area contributed by atoms with Crippen molar-refractivity contribution in [3.05, 3.63) is 89.4 Å². The molecule has 0 radical (unpaired) electrons. The fourth-order valence-electron chi connectivity index (χ4n) is 2.67. The molecule has 1 amide bonds. The Hall–Kier alpha value is -3.47. The molecule has 0 aliphatic rings. The molecule has 0 spiro atoms. The van der Waals surface area contributed by atoms with Crippen molar-refractivity contribution < 1.29 is 13.2 Å². The van der Waals surface area contributed by atoms with Crippen molar-refractivity contribution in [1.29, 1.82) is 0 Å². The first-order valence-corrected chi connectivity index (χ1v) is 11.8. The van der Waals surface area contributed by atoms with Gasteiger partial charge in [-0.15, -0.1) is 0 Å². The molecule has 0 bridgehead atoms. The van der Waals surface area contributed by atoms with Crippen LogP contribution in [0.15, 0.2) is 88.9 Å². The summed E-state index contributed by atoms with van der Waals surface area (Å²) in [5.74, 6) is -1.03. The Labute approximate surface area is 201 Å². The van der Waals surface area contributed by atoms with E-state index in [2.05, 4.69) is 16.0 Å². The zero-order valence-electron chi connectivity index (χ0n) is 17.4. The van der Waals surface area contributed by atoms with Crippen LogP contribution in [0.1, 0.15) is 5.56 Å². The number of rotatable bonds is 4. The maximum Gasteiger partial charge on any atom is 0.302 e. The van der Waals surface area contributed by atoms with Crippen LogP contribution in [0, 0.1) is 6.92 Å². The van der Waals surface area contributed by atoms with Crippen LogP contribution < -0.4 is 21.6 Å². The summed E-state index contributed by atoms with van der Waals surface area (Å²) in [6.45, 7) is 1.90. The van der Waals surface area contributed by atoms with Gasteiger partial charge in [-0.1, -0.05) is 47.5 Å². The number of thiocarbonyl (C=S) groups is 1. The summed E-state index contributed by atoms with van der Waals surface area (Å²) in [6, 6.07) is 20.8. The number of hydrogen-bond donors (Lipinski definition) is 3. The predicted molar refractivity (Wildman–Crippen MR) is 135 cm³/mol. The second-order valence-electron chi connectivity index (χ2n) is 6.80. The van der Waals surface area contributed by atoms with Gasteiger partial charge in [-0.3, -0.25) is 15.6 Å². The van der Waals surface area contributed by atoms with Crippen LogP contribution >= 0.6 is 23.8 Å². The molecule has 0 atom stereocenters. The van der Waals surface area contributed by atoms with Gasteiger partial charge in [-0.05, 0) is 67.7 Å². The number of anilines is 2. The first-order chi connectivity index (χ1) is 15.7. The van der Waals surface area contributed by atoms with Gasteiger partial charge in [0.05, 0.1) is 16.3 Å². The number of carbonyl (C=O) groups excluding carboxylic acids is 1. The van der Waals surface area contributed by atoms with Crippen LogP contribution in [0.3, 0.4) is 0 Å². The van der Waals surface area contributed by atoms with E-state index in [9.17, 15) is 13.2 Å². The normalized spacial score (nSPS) is 11.5. The molecular weight excluding hydrogens is 482 g/mol. The molecule has 8 nitrogen and oxygen atoms in total. The third-order valence-electron chi connectivity index (χ3n) is 4.36. The van der Waals surface area contributed by atoms with Crippen LogP contribution in [-0.2, 0) is 14.6 Å². The number of aryl methyl sites for hydroxylation is 1. The first-order valence-electron chi connectivity index (χ1n) is 9.55. The molecule has 11 heteroatoms. The molecule has 33 heavy (non-hydrogen) atoms. The average Bonchev–Trinajstić information content (AvgIpc) is 2.80. The maximum absolute atomic E-state index is 13.2. The van der Waals surface area contributed by atoms with Gasteiger partial charge in [0.1, 0.15) is 0 Å². The van der Waals surface area contributed by atoms with E-state index < -0.39 is 20.8 Å². The third kappa shape index (κ3) is 6.07. The van der Waals surface area contributed by atoms with Gasteiger partial charge >= 0.3 is 5.91 Å². The lowest BCUT2D eigenvalue weighted by Crippen LogP contribution is -2.52. The van der Waals surface area contributed by atoms with Gasteiger partial charge < -0.3 is 5.73 Å². The van der Waals surface area contributed by atoms with E-state index in [4.69, 9.17) is 29.6 Å². The van der Waals surface area contributed by atoms with Gasteiger partial charge in [0, 0.05) is 5.02 Å². The smallest absolute Gasteiger partial charge is 0.302 e. The molecule has 0 heterocycles. The Bertz CT molecular complexity index is 1280. The Kier molecular flexibility index (Phi) is 7.64. The molecule has 0 saturated carbocycles. The second-order valence-corrected chi connectivity index (χ2v) is 9.52. The molecule has 3 aromatic rings. The van der Waals surface area contributed by atoms with E-state index in [-0.39, 0.29) is 10.0 Å². The van der Waals surface area contributed by atoms with Crippen molar-refractivity contribution in [2.24, 2.45) is 10.8 Å². The minimum Gasteiger partial charge on any atom is -0.374 e. The molecule has 0 saturated heterocycles. The van der Waals surface area contributed by atoms with E-state index in [0.29, 0.717) is 16.4 Å². The first kappa shape index (κ1) is 24.2. The zero-order valence-corrected chi connectivity index (χ0v) is 19.8. The number of hydrazone groups is 1. The van der Waals surface area contributed by atoms with Crippen molar-refractivity contribution in [2.45, 2.75) is 11.8 Å². The Morgan fingerprint density at radius 1 is 1.00 bits per heavy atom. The van der Waals surface area contributed by atoms with Gasteiger partial charge in [0.2, 0.25) is 14.9 Å². The van der Waals surface area contributed by atoms with E-state index in [1.165, 1.54) is 12.1 Å². The minimum atomic E-state index is -4.30. The highest BCUT2D eigenvalue weighted by Gasteiger charge is 2.31. The largest absolute Gasteiger partial charge is 0.374 e. The van der Waals surface area contributed by atoms with Crippen LogP contribution in [0.25, 0.3) is 0 Å². The Morgan fingerprint density at radius 3 is 2.18 bits per heavy atom. The van der Waals surface area contributed by atoms with E-state index in [1.54, 1.807) is 66.7 Å². The van der Waals surface area contributed by atoms with Crippen molar-refractivity contribution >= 4 is 61.1 Å². The molecule has 0 fully saturated rings. The number of hydrazine groups is 1. The molecular formula is C22H20ClN5O3S2. The fourth-order valence-corrected chi connectivity index (χ4v) is 4.15. The Morgan fingerprint density at radius 2 is 1.61 bits per heavy atom. The topological polar surface area (TPSA) is 117 Å². The molecule has 170 valence electrons. The van der Waals surface area contributed by atoms with E-state index in [1.807, 2.05) is 6.92 Å². The van der Waals surface area contributed by atoms with Crippen molar-refractivity contribution in [3.63, 3.8) is 0 Å². The molecule has 0 aliphatic carbocycles. The Balaban J connectivity index is 1.99. The summed E-state index contributed by atoms with van der Waals surface area (Å²) in [7, 11) is -4.30. The van der Waals surface area contributed by atoms with Crippen molar-refractivity contribution in [3.8, 4) is 0 Å². The van der Waals surface area contributed by atoms with Crippen LogP contribution in [0.4, 0.5) is 11.4 Å². The monoisotopic (exact) mass is 501 g/mol. The third-order valence-corrected chi connectivity index (χ3v) is 6.47. The average molecular weight is 502 g/mol. The number of nitrogens with zero attached hydrogens (tertiary/aromatic N) is 2. The molecule has 0 aliphatic heterocycles. The molecule has 0 unspecified atom stereocenters. The van der Waals surface area contributed by atoms with Gasteiger partial charge in [0.25, 0.3) is 0 Å². The van der Waals surface area contributed by atoms with Gasteiger partial charge in [-0.2, -0.15) is 5.10 Å². The van der Waals surface area contributed by atoms with Crippen LogP contribution in [0.5, 0.6) is 0 Å². The maximum atomic E-state index is 13.2. The summed E-state index contributed by atoms with van der Waals surface area (Å²) >= 11 is 10.9. The summed E-state index contributed by atoms with van der Waals surface area (Å²) in [5, 5.41) is 4.54. The molecule has 0 aromatic heterocycles. The molecule has 3 aromatic carbocycles. The number of hydrogen-bond acceptors (Lipinski definition) is 6. The lowest BCUT2D eigenvalue weighted by Gasteiger charge is -2.23. The number of sulfone groups is 1. The predicted octanol–water partition coefficient (Wildman–Crippen LogP) is 3.63. The quantitative estimate of drug-likeness (QED) is 0.216. The second kappa shape index (κ2) is 10.4. The summed E-state index contributed by atoms with van der Waals surface area (Å²) in [5.41, 5.74) is 12.7. The number of benzene rings is 3. The summed E-state index contributed by atoms with van der Waals surface area (Å²) < 4.78 is 26.5. The highest BCUT2D eigenvalue weighted by Crippen LogP contribution is 2.17. The summed E-state index contributed by atoms with van der Waals surface area (Å²) in [4.78, 5) is 13.1. The highest BCUT2D eigenvalue weighted by molar-refractivity contribution is 8.08. The fraction of sp³-hybridized carbons (Fsp3) is 0.0455. The standard InChI is InChI=1S/C22H20ClN5O3S2/c1-15-7-13-18(14-8-15)28(22(24)32)27-20(29)21(26-25-17-11-9-16(23)10-12-17)33(30,31)19-5-3-2-4-6-19/h2-14,25H,1H3,(H2,24,32)(H,27,29)/b26-21-. The number of nitrogens with two attached hydrogens (primary N) is 1. The minimum absolute atomic E-state index is 0.103. The van der Waals surface area contributed by atoms with Crippen molar-refractivity contribution in [1.82, 2.24) is 5.43 Å². The van der Waals surface area contributed by atoms with Crippen LogP contribution in [0.2, 0.25) is 5.02 Å². The lowest BCUT2D eigenvalue weighted by atomic mass is 10.2.